The Bertz CT molecular complexity index is 668. The number of benzene rings is 1. The molecule has 3 unspecified atom stereocenters. The molecule has 1 saturated carbocycles. The van der Waals surface area contributed by atoms with Crippen LogP contribution in [0.5, 0.6) is 0 Å². The van der Waals surface area contributed by atoms with Crippen LogP contribution in [0.15, 0.2) is 30.3 Å². The molecule has 8 heteroatoms. The quantitative estimate of drug-likeness (QED) is 0.418. The SMILES string of the molecule is COC(=O)CC(C[N+](=O)[O-])C1C2CN(C(=O)OCc3ccccc3)CC21. The van der Waals surface area contributed by atoms with Gasteiger partial charge in [-0.3, -0.25) is 14.9 Å². The molecule has 0 radical (unpaired) electrons. The number of fused-ring (bicyclic) bond motifs is 1. The van der Waals surface area contributed by atoms with Crippen LogP contribution < -0.4 is 0 Å². The lowest BCUT2D eigenvalue weighted by molar-refractivity contribution is -0.489. The summed E-state index contributed by atoms with van der Waals surface area (Å²) in [6, 6.07) is 9.44. The smallest absolute Gasteiger partial charge is 0.410 e. The van der Waals surface area contributed by atoms with Crippen molar-refractivity contribution in [1.82, 2.24) is 4.90 Å². The zero-order valence-electron chi connectivity index (χ0n) is 14.6. The van der Waals surface area contributed by atoms with Crippen LogP contribution in [0.3, 0.4) is 0 Å². The Kier molecular flexibility index (Phi) is 5.39. The second-order valence-corrected chi connectivity index (χ2v) is 6.91. The van der Waals surface area contributed by atoms with Gasteiger partial charge >= 0.3 is 12.1 Å². The Labute approximate surface area is 151 Å². The van der Waals surface area contributed by atoms with Crippen molar-refractivity contribution in [2.24, 2.45) is 23.7 Å². The number of nitrogens with zero attached hydrogens (tertiary/aromatic N) is 2. The predicted octanol–water partition coefficient (Wildman–Crippen LogP) is 1.96. The van der Waals surface area contributed by atoms with Crippen LogP contribution in [0, 0.1) is 33.8 Å². The van der Waals surface area contributed by atoms with Crippen molar-refractivity contribution in [3.8, 4) is 0 Å². The summed E-state index contributed by atoms with van der Waals surface area (Å²) in [6.45, 7) is 1.03. The summed E-state index contributed by atoms with van der Waals surface area (Å²) in [7, 11) is 1.28. The molecule has 0 bridgehead atoms. The summed E-state index contributed by atoms with van der Waals surface area (Å²) in [5, 5.41) is 10.9. The lowest BCUT2D eigenvalue weighted by atomic mass is 9.96. The summed E-state index contributed by atoms with van der Waals surface area (Å²) in [6.07, 6.45) is -0.313. The number of methoxy groups -OCH3 is 1. The van der Waals surface area contributed by atoms with Crippen molar-refractivity contribution < 1.29 is 24.0 Å². The fourth-order valence-corrected chi connectivity index (χ4v) is 4.04. The summed E-state index contributed by atoms with van der Waals surface area (Å²) in [5.41, 5.74) is 0.923. The highest BCUT2D eigenvalue weighted by molar-refractivity contribution is 5.70. The topological polar surface area (TPSA) is 99.0 Å². The minimum atomic E-state index is -0.430. The zero-order valence-corrected chi connectivity index (χ0v) is 14.6. The van der Waals surface area contributed by atoms with Gasteiger partial charge in [0.1, 0.15) is 6.61 Å². The first-order valence-corrected chi connectivity index (χ1v) is 8.63. The number of hydrogen-bond donors (Lipinski definition) is 0. The number of nitro groups is 1. The molecule has 1 heterocycles. The Balaban J connectivity index is 1.49. The maximum atomic E-state index is 12.2. The van der Waals surface area contributed by atoms with E-state index in [0.29, 0.717) is 13.1 Å². The number of amides is 1. The van der Waals surface area contributed by atoms with Crippen molar-refractivity contribution in [3.05, 3.63) is 46.0 Å². The molecule has 8 nitrogen and oxygen atoms in total. The average molecular weight is 362 g/mol. The van der Waals surface area contributed by atoms with Crippen LogP contribution in [0.4, 0.5) is 4.79 Å². The summed E-state index contributed by atoms with van der Waals surface area (Å²) in [5.74, 6) is -0.267. The number of rotatable bonds is 7. The van der Waals surface area contributed by atoms with E-state index in [1.165, 1.54) is 7.11 Å². The third-order valence-electron chi connectivity index (χ3n) is 5.31. The predicted molar refractivity (Wildman–Crippen MR) is 90.7 cm³/mol. The number of carbonyl (C=O) groups is 2. The molecule has 1 aliphatic heterocycles. The summed E-state index contributed by atoms with van der Waals surface area (Å²) < 4.78 is 9.98. The monoisotopic (exact) mass is 362 g/mol. The fraction of sp³-hybridized carbons (Fsp3) is 0.556. The maximum Gasteiger partial charge on any atom is 0.410 e. The molecule has 140 valence electrons. The molecule has 1 saturated heterocycles. The summed E-state index contributed by atoms with van der Waals surface area (Å²) in [4.78, 5) is 35.9. The first kappa shape index (κ1) is 18.2. The van der Waals surface area contributed by atoms with Crippen molar-refractivity contribution in [2.75, 3.05) is 26.7 Å². The number of carbonyl (C=O) groups excluding carboxylic acids is 2. The van der Waals surface area contributed by atoms with Gasteiger partial charge in [-0.1, -0.05) is 30.3 Å². The lowest BCUT2D eigenvalue weighted by Crippen LogP contribution is -2.34. The van der Waals surface area contributed by atoms with Crippen molar-refractivity contribution in [1.29, 1.82) is 0 Å². The van der Waals surface area contributed by atoms with Crippen LogP contribution in [0.2, 0.25) is 0 Å². The van der Waals surface area contributed by atoms with E-state index in [9.17, 15) is 19.7 Å². The van der Waals surface area contributed by atoms with E-state index >= 15 is 0 Å². The third-order valence-corrected chi connectivity index (χ3v) is 5.31. The number of ether oxygens (including phenoxy) is 2. The highest BCUT2D eigenvalue weighted by Gasteiger charge is 2.60. The van der Waals surface area contributed by atoms with Gasteiger partial charge in [-0.15, -0.1) is 0 Å². The highest BCUT2D eigenvalue weighted by Crippen LogP contribution is 2.56. The van der Waals surface area contributed by atoms with Crippen LogP contribution in [0.25, 0.3) is 0 Å². The molecule has 1 aliphatic carbocycles. The summed E-state index contributed by atoms with van der Waals surface area (Å²) >= 11 is 0. The largest absolute Gasteiger partial charge is 0.469 e. The highest BCUT2D eigenvalue weighted by atomic mass is 16.6. The molecular formula is C18H22N2O6. The number of esters is 1. The molecular weight excluding hydrogens is 340 g/mol. The molecule has 0 N–H and O–H groups in total. The molecule has 26 heavy (non-hydrogen) atoms. The molecule has 1 aromatic carbocycles. The van der Waals surface area contributed by atoms with Gasteiger partial charge in [0.25, 0.3) is 0 Å². The van der Waals surface area contributed by atoms with Gasteiger partial charge in [0, 0.05) is 23.9 Å². The van der Waals surface area contributed by atoms with Gasteiger partial charge in [-0.25, -0.2) is 4.79 Å². The Hall–Kier alpha value is -2.64. The van der Waals surface area contributed by atoms with E-state index in [-0.39, 0.29) is 54.3 Å². The van der Waals surface area contributed by atoms with Crippen molar-refractivity contribution in [3.63, 3.8) is 0 Å². The van der Waals surface area contributed by atoms with Crippen molar-refractivity contribution >= 4 is 12.1 Å². The van der Waals surface area contributed by atoms with Gasteiger partial charge in [0.15, 0.2) is 0 Å². The third kappa shape index (κ3) is 4.12. The Morgan fingerprint density at radius 1 is 1.27 bits per heavy atom. The fourth-order valence-electron chi connectivity index (χ4n) is 4.04. The van der Waals surface area contributed by atoms with Gasteiger partial charge in [0.2, 0.25) is 6.54 Å². The normalized spacial score (nSPS) is 24.5. The van der Waals surface area contributed by atoms with E-state index < -0.39 is 5.97 Å². The van der Waals surface area contributed by atoms with Crippen LogP contribution in [-0.2, 0) is 20.9 Å². The first-order chi connectivity index (χ1) is 12.5. The standard InChI is InChI=1S/C18H22N2O6/c1-25-16(21)7-13(8-20(23)24)17-14-9-19(10-15(14)17)18(22)26-11-12-5-3-2-4-6-12/h2-6,13-15,17H,7-11H2,1H3. The number of piperidine rings is 1. The molecule has 0 aromatic heterocycles. The Morgan fingerprint density at radius 2 is 1.92 bits per heavy atom. The second kappa shape index (κ2) is 7.72. The van der Waals surface area contributed by atoms with E-state index in [4.69, 9.17) is 4.74 Å². The minimum Gasteiger partial charge on any atom is -0.469 e. The Morgan fingerprint density at radius 3 is 2.50 bits per heavy atom. The second-order valence-electron chi connectivity index (χ2n) is 6.91. The zero-order chi connectivity index (χ0) is 18.7. The molecule has 3 rings (SSSR count). The van der Waals surface area contributed by atoms with Crippen LogP contribution in [0.1, 0.15) is 12.0 Å². The molecule has 2 aliphatic rings. The van der Waals surface area contributed by atoms with Gasteiger partial charge in [-0.05, 0) is 23.3 Å². The van der Waals surface area contributed by atoms with Gasteiger partial charge in [-0.2, -0.15) is 0 Å². The molecule has 2 fully saturated rings. The molecule has 3 atom stereocenters. The average Bonchev–Trinajstić information content (AvgIpc) is 3.12. The number of hydrogen-bond acceptors (Lipinski definition) is 6. The van der Waals surface area contributed by atoms with E-state index in [2.05, 4.69) is 4.74 Å². The van der Waals surface area contributed by atoms with Crippen molar-refractivity contribution in [2.45, 2.75) is 13.0 Å². The number of likely N-dealkylation sites (tertiary alicyclic amines) is 1. The van der Waals surface area contributed by atoms with E-state index in [0.717, 1.165) is 5.56 Å². The van der Waals surface area contributed by atoms with Gasteiger partial charge in [0.05, 0.1) is 13.5 Å². The molecule has 1 amide bonds. The van der Waals surface area contributed by atoms with E-state index in [1.807, 2.05) is 30.3 Å². The first-order valence-electron chi connectivity index (χ1n) is 8.63. The van der Waals surface area contributed by atoms with Gasteiger partial charge < -0.3 is 14.4 Å². The van der Waals surface area contributed by atoms with Crippen LogP contribution >= 0.6 is 0 Å². The lowest BCUT2D eigenvalue weighted by Gasteiger charge is -2.21. The maximum absolute atomic E-state index is 12.2. The van der Waals surface area contributed by atoms with E-state index in [1.54, 1.807) is 4.90 Å². The van der Waals surface area contributed by atoms with Crippen LogP contribution in [-0.4, -0.2) is 48.6 Å². The molecule has 0 spiro atoms. The minimum absolute atomic E-state index is 0.0492. The molecule has 1 aromatic rings.